The second kappa shape index (κ2) is 6.27. The maximum Gasteiger partial charge on any atom is 0.137 e. The van der Waals surface area contributed by atoms with Gasteiger partial charge < -0.3 is 15.4 Å². The normalized spacial score (nSPS) is 10.4. The van der Waals surface area contributed by atoms with Gasteiger partial charge in [0.25, 0.3) is 0 Å². The molecular formula is C11H20N4O. The van der Waals surface area contributed by atoms with Crippen LogP contribution in [0.3, 0.4) is 0 Å². The highest BCUT2D eigenvalue weighted by atomic mass is 16.5. The number of hydrogen-bond donors (Lipinski definition) is 1. The van der Waals surface area contributed by atoms with E-state index in [2.05, 4.69) is 28.7 Å². The molecule has 1 heterocycles. The highest BCUT2D eigenvalue weighted by Gasteiger charge is 2.12. The van der Waals surface area contributed by atoms with E-state index in [9.17, 15) is 0 Å². The van der Waals surface area contributed by atoms with Gasteiger partial charge in [-0.1, -0.05) is 6.92 Å². The first-order valence-electron chi connectivity index (χ1n) is 5.57. The molecule has 0 aromatic carbocycles. The SMILES string of the molecule is CCc1c(N)ncnc1N(CC)CCOC. The Morgan fingerprint density at radius 3 is 2.69 bits per heavy atom. The van der Waals surface area contributed by atoms with Crippen LogP contribution in [0.5, 0.6) is 0 Å². The summed E-state index contributed by atoms with van der Waals surface area (Å²) in [5.41, 5.74) is 6.86. The van der Waals surface area contributed by atoms with Crippen molar-refractivity contribution >= 4 is 11.6 Å². The molecule has 0 atom stereocenters. The van der Waals surface area contributed by atoms with E-state index in [1.807, 2.05) is 0 Å². The first-order chi connectivity index (χ1) is 7.74. The predicted octanol–water partition coefficient (Wildman–Crippen LogP) is 1.09. The average molecular weight is 224 g/mol. The number of hydrogen-bond acceptors (Lipinski definition) is 5. The molecule has 1 aromatic heterocycles. The number of methoxy groups -OCH3 is 1. The lowest BCUT2D eigenvalue weighted by molar-refractivity contribution is 0.205. The summed E-state index contributed by atoms with van der Waals surface area (Å²) >= 11 is 0. The smallest absolute Gasteiger partial charge is 0.137 e. The van der Waals surface area contributed by atoms with Crippen molar-refractivity contribution in [3.63, 3.8) is 0 Å². The zero-order chi connectivity index (χ0) is 12.0. The molecule has 0 radical (unpaired) electrons. The number of nitrogens with two attached hydrogens (primary N) is 1. The van der Waals surface area contributed by atoms with Crippen molar-refractivity contribution < 1.29 is 4.74 Å². The predicted molar refractivity (Wildman–Crippen MR) is 65.6 cm³/mol. The molecule has 16 heavy (non-hydrogen) atoms. The van der Waals surface area contributed by atoms with Gasteiger partial charge in [0.15, 0.2) is 0 Å². The van der Waals surface area contributed by atoms with Gasteiger partial charge in [0, 0.05) is 25.8 Å². The van der Waals surface area contributed by atoms with E-state index in [1.54, 1.807) is 7.11 Å². The molecule has 0 amide bonds. The molecule has 1 aromatic rings. The van der Waals surface area contributed by atoms with E-state index in [0.717, 1.165) is 30.9 Å². The molecule has 0 bridgehead atoms. The van der Waals surface area contributed by atoms with Gasteiger partial charge in [-0.2, -0.15) is 0 Å². The third kappa shape index (κ3) is 2.82. The Balaban J connectivity index is 2.94. The molecule has 5 nitrogen and oxygen atoms in total. The Kier molecular flexibility index (Phi) is 4.98. The molecule has 0 unspecified atom stereocenters. The average Bonchev–Trinajstić information content (AvgIpc) is 2.30. The highest BCUT2D eigenvalue weighted by Crippen LogP contribution is 2.21. The van der Waals surface area contributed by atoms with Crippen LogP contribution in [-0.2, 0) is 11.2 Å². The highest BCUT2D eigenvalue weighted by molar-refractivity contribution is 5.56. The van der Waals surface area contributed by atoms with Crippen LogP contribution in [0.2, 0.25) is 0 Å². The van der Waals surface area contributed by atoms with Gasteiger partial charge in [-0.15, -0.1) is 0 Å². The number of likely N-dealkylation sites (N-methyl/N-ethyl adjacent to an activating group) is 1. The number of anilines is 2. The zero-order valence-electron chi connectivity index (χ0n) is 10.2. The van der Waals surface area contributed by atoms with E-state index in [4.69, 9.17) is 10.5 Å². The van der Waals surface area contributed by atoms with Crippen molar-refractivity contribution in [3.05, 3.63) is 11.9 Å². The molecule has 0 aliphatic carbocycles. The zero-order valence-corrected chi connectivity index (χ0v) is 10.2. The minimum Gasteiger partial charge on any atom is -0.383 e. The van der Waals surface area contributed by atoms with Gasteiger partial charge >= 0.3 is 0 Å². The lowest BCUT2D eigenvalue weighted by Crippen LogP contribution is -2.29. The molecule has 90 valence electrons. The van der Waals surface area contributed by atoms with Crippen molar-refractivity contribution in [2.75, 3.05) is 37.4 Å². The van der Waals surface area contributed by atoms with Gasteiger partial charge in [0.05, 0.1) is 6.61 Å². The molecule has 0 fully saturated rings. The van der Waals surface area contributed by atoms with E-state index in [0.29, 0.717) is 12.4 Å². The van der Waals surface area contributed by atoms with Gasteiger partial charge in [-0.25, -0.2) is 9.97 Å². The van der Waals surface area contributed by atoms with E-state index < -0.39 is 0 Å². The standard InChI is InChI=1S/C11H20N4O/c1-4-9-10(12)13-8-14-11(9)15(5-2)6-7-16-3/h8H,4-7H2,1-3H3,(H2,12,13,14). The van der Waals surface area contributed by atoms with Crippen LogP contribution >= 0.6 is 0 Å². The van der Waals surface area contributed by atoms with Crippen molar-refractivity contribution in [1.29, 1.82) is 0 Å². The molecule has 0 aliphatic rings. The van der Waals surface area contributed by atoms with Crippen molar-refractivity contribution in [3.8, 4) is 0 Å². The van der Waals surface area contributed by atoms with Gasteiger partial charge in [0.1, 0.15) is 18.0 Å². The molecule has 1 rings (SSSR count). The minimum atomic E-state index is 0.573. The summed E-state index contributed by atoms with van der Waals surface area (Å²) in [5, 5.41) is 0. The summed E-state index contributed by atoms with van der Waals surface area (Å²) in [6.07, 6.45) is 2.35. The largest absolute Gasteiger partial charge is 0.383 e. The van der Waals surface area contributed by atoms with E-state index in [-0.39, 0.29) is 0 Å². The quantitative estimate of drug-likeness (QED) is 0.783. The van der Waals surface area contributed by atoms with Crippen LogP contribution in [0, 0.1) is 0 Å². The van der Waals surface area contributed by atoms with Gasteiger partial charge in [-0.05, 0) is 13.3 Å². The van der Waals surface area contributed by atoms with Crippen LogP contribution in [0.25, 0.3) is 0 Å². The maximum absolute atomic E-state index is 5.84. The maximum atomic E-state index is 5.84. The summed E-state index contributed by atoms with van der Waals surface area (Å²) in [6.45, 7) is 6.53. The van der Waals surface area contributed by atoms with Gasteiger partial charge in [-0.3, -0.25) is 0 Å². The molecule has 5 heteroatoms. The first kappa shape index (κ1) is 12.7. The fourth-order valence-electron chi connectivity index (χ4n) is 1.64. The fraction of sp³-hybridized carbons (Fsp3) is 0.636. The topological polar surface area (TPSA) is 64.3 Å². The van der Waals surface area contributed by atoms with E-state index in [1.165, 1.54) is 6.33 Å². The number of nitrogen functional groups attached to an aromatic ring is 1. The molecule has 2 N–H and O–H groups in total. The molecule has 0 spiro atoms. The lowest BCUT2D eigenvalue weighted by atomic mass is 10.2. The number of ether oxygens (including phenoxy) is 1. The van der Waals surface area contributed by atoms with Crippen LogP contribution < -0.4 is 10.6 Å². The molecule has 0 aliphatic heterocycles. The third-order valence-electron chi connectivity index (χ3n) is 2.56. The van der Waals surface area contributed by atoms with Crippen LogP contribution in [0.1, 0.15) is 19.4 Å². The summed E-state index contributed by atoms with van der Waals surface area (Å²) in [7, 11) is 1.70. The van der Waals surface area contributed by atoms with Gasteiger partial charge in [0.2, 0.25) is 0 Å². The first-order valence-corrected chi connectivity index (χ1v) is 5.57. The van der Waals surface area contributed by atoms with Crippen LogP contribution in [0.4, 0.5) is 11.6 Å². The minimum absolute atomic E-state index is 0.573. The lowest BCUT2D eigenvalue weighted by Gasteiger charge is -2.24. The van der Waals surface area contributed by atoms with Crippen LogP contribution in [0.15, 0.2) is 6.33 Å². The van der Waals surface area contributed by atoms with Crippen molar-refractivity contribution in [1.82, 2.24) is 9.97 Å². The van der Waals surface area contributed by atoms with Crippen LogP contribution in [-0.4, -0.2) is 36.8 Å². The summed E-state index contributed by atoms with van der Waals surface area (Å²) in [6, 6.07) is 0. The number of aromatic nitrogens is 2. The summed E-state index contributed by atoms with van der Waals surface area (Å²) < 4.78 is 5.08. The summed E-state index contributed by atoms with van der Waals surface area (Å²) in [4.78, 5) is 10.5. The van der Waals surface area contributed by atoms with Crippen molar-refractivity contribution in [2.24, 2.45) is 0 Å². The summed E-state index contributed by atoms with van der Waals surface area (Å²) in [5.74, 6) is 1.50. The second-order valence-electron chi connectivity index (χ2n) is 3.49. The fourth-order valence-corrected chi connectivity index (χ4v) is 1.64. The Morgan fingerprint density at radius 2 is 2.12 bits per heavy atom. The Morgan fingerprint density at radius 1 is 1.38 bits per heavy atom. The monoisotopic (exact) mass is 224 g/mol. The molecule has 0 saturated heterocycles. The second-order valence-corrected chi connectivity index (χ2v) is 3.49. The molecule has 0 saturated carbocycles. The van der Waals surface area contributed by atoms with Crippen molar-refractivity contribution in [2.45, 2.75) is 20.3 Å². The Labute approximate surface area is 96.6 Å². The Hall–Kier alpha value is -1.36. The number of nitrogens with zero attached hydrogens (tertiary/aromatic N) is 3. The Bertz CT molecular complexity index is 330. The third-order valence-corrected chi connectivity index (χ3v) is 2.56. The van der Waals surface area contributed by atoms with E-state index >= 15 is 0 Å². The number of rotatable bonds is 6. The molecular weight excluding hydrogens is 204 g/mol.